The first kappa shape index (κ1) is 13.2. The van der Waals surface area contributed by atoms with Crippen LogP contribution in [0.3, 0.4) is 0 Å². The van der Waals surface area contributed by atoms with Crippen molar-refractivity contribution >= 4 is 33.5 Å². The molecule has 3 heterocycles. The lowest BCUT2D eigenvalue weighted by molar-refractivity contribution is -0.121. The Morgan fingerprint density at radius 3 is 3.10 bits per heavy atom. The average Bonchev–Trinajstić information content (AvgIpc) is 3.13. The van der Waals surface area contributed by atoms with Crippen LogP contribution in [0.25, 0.3) is 4.96 Å². The van der Waals surface area contributed by atoms with Crippen LogP contribution in [0, 0.1) is 6.92 Å². The summed E-state index contributed by atoms with van der Waals surface area (Å²) in [5, 5.41) is 18.0. The van der Waals surface area contributed by atoms with E-state index in [1.807, 2.05) is 24.4 Å². The maximum Gasteiger partial charge on any atom is 0.234 e. The predicted molar refractivity (Wildman–Crippen MR) is 77.9 cm³/mol. The molecule has 0 saturated heterocycles. The summed E-state index contributed by atoms with van der Waals surface area (Å²) in [6.45, 7) is 2.29. The minimum atomic E-state index is 0.0427. The van der Waals surface area contributed by atoms with Crippen molar-refractivity contribution in [1.29, 1.82) is 0 Å². The van der Waals surface area contributed by atoms with Gasteiger partial charge in [-0.3, -0.25) is 4.79 Å². The van der Waals surface area contributed by atoms with Crippen LogP contribution in [0.1, 0.15) is 22.1 Å². The average molecular weight is 307 g/mol. The number of amides is 1. The molecule has 0 aliphatic carbocycles. The van der Waals surface area contributed by atoms with Crippen LogP contribution in [0.4, 0.5) is 0 Å². The summed E-state index contributed by atoms with van der Waals surface area (Å²) in [5.74, 6) is 0.799. The highest BCUT2D eigenvalue weighted by Crippen LogP contribution is 2.13. The topological polar surface area (TPSA) is 72.2 Å². The van der Waals surface area contributed by atoms with Gasteiger partial charge in [-0.1, -0.05) is 17.4 Å². The fourth-order valence-electron chi connectivity index (χ4n) is 1.78. The zero-order chi connectivity index (χ0) is 13.9. The second kappa shape index (κ2) is 5.68. The Balaban J connectivity index is 1.52. The molecule has 0 aliphatic rings. The highest BCUT2D eigenvalue weighted by Gasteiger charge is 2.09. The molecule has 0 fully saturated rings. The van der Waals surface area contributed by atoms with E-state index in [1.54, 1.807) is 15.9 Å². The Bertz CT molecular complexity index is 715. The molecule has 3 aromatic heterocycles. The predicted octanol–water partition coefficient (Wildman–Crippen LogP) is 1.80. The number of aromatic nitrogens is 4. The summed E-state index contributed by atoms with van der Waals surface area (Å²) in [5.41, 5.74) is 0. The Hall–Kier alpha value is -1.80. The fraction of sp³-hybridized carbons (Fsp3) is 0.333. The highest BCUT2D eigenvalue weighted by atomic mass is 32.1. The largest absolute Gasteiger partial charge is 0.350 e. The third kappa shape index (κ3) is 2.86. The number of nitrogens with zero attached hydrogens (tertiary/aromatic N) is 4. The molecule has 1 N–H and O–H groups in total. The fourth-order valence-corrected chi connectivity index (χ4v) is 3.31. The number of carbonyl (C=O) groups is 1. The number of hydrogen-bond donors (Lipinski definition) is 1. The van der Waals surface area contributed by atoms with Crippen molar-refractivity contribution < 1.29 is 4.79 Å². The van der Waals surface area contributed by atoms with E-state index in [0.717, 1.165) is 22.2 Å². The summed E-state index contributed by atoms with van der Waals surface area (Å²) in [6.07, 6.45) is 1.29. The van der Waals surface area contributed by atoms with Crippen LogP contribution in [0.2, 0.25) is 0 Å². The van der Waals surface area contributed by atoms with Crippen molar-refractivity contribution in [2.75, 3.05) is 0 Å². The second-order valence-corrected chi connectivity index (χ2v) is 6.37. The van der Waals surface area contributed by atoms with Crippen molar-refractivity contribution in [1.82, 2.24) is 25.1 Å². The van der Waals surface area contributed by atoms with E-state index in [-0.39, 0.29) is 5.91 Å². The number of rotatable bonds is 5. The molecule has 0 aromatic carbocycles. The second-order valence-electron chi connectivity index (χ2n) is 4.29. The Morgan fingerprint density at radius 1 is 1.45 bits per heavy atom. The van der Waals surface area contributed by atoms with E-state index >= 15 is 0 Å². The minimum absolute atomic E-state index is 0.0427. The van der Waals surface area contributed by atoms with Gasteiger partial charge in [-0.15, -0.1) is 21.5 Å². The first-order valence-corrected chi connectivity index (χ1v) is 7.89. The lowest BCUT2D eigenvalue weighted by Crippen LogP contribution is -2.22. The normalized spacial score (nSPS) is 11.1. The SMILES string of the molecule is Cc1nnc2sc(CNC(=O)CCc3cccs3)nn12. The molecule has 3 aromatic rings. The number of aryl methyl sites for hydroxylation is 2. The molecule has 0 aliphatic heterocycles. The van der Waals surface area contributed by atoms with Crippen molar-refractivity contribution in [3.63, 3.8) is 0 Å². The molecule has 6 nitrogen and oxygen atoms in total. The van der Waals surface area contributed by atoms with Gasteiger partial charge < -0.3 is 5.32 Å². The van der Waals surface area contributed by atoms with Gasteiger partial charge in [-0.2, -0.15) is 9.61 Å². The smallest absolute Gasteiger partial charge is 0.234 e. The molecule has 0 atom stereocenters. The monoisotopic (exact) mass is 307 g/mol. The molecule has 104 valence electrons. The van der Waals surface area contributed by atoms with Crippen LogP contribution in [-0.2, 0) is 17.8 Å². The zero-order valence-electron chi connectivity index (χ0n) is 10.9. The van der Waals surface area contributed by atoms with Gasteiger partial charge in [0.25, 0.3) is 0 Å². The van der Waals surface area contributed by atoms with Gasteiger partial charge in [-0.25, -0.2) is 0 Å². The zero-order valence-corrected chi connectivity index (χ0v) is 12.5. The Morgan fingerprint density at radius 2 is 2.35 bits per heavy atom. The van der Waals surface area contributed by atoms with Crippen LogP contribution in [0.15, 0.2) is 17.5 Å². The molecule has 8 heteroatoms. The number of thiophene rings is 1. The number of carbonyl (C=O) groups excluding carboxylic acids is 1. The molecule has 0 unspecified atom stereocenters. The first-order valence-electron chi connectivity index (χ1n) is 6.19. The molecule has 20 heavy (non-hydrogen) atoms. The van der Waals surface area contributed by atoms with Crippen LogP contribution in [0.5, 0.6) is 0 Å². The maximum absolute atomic E-state index is 11.8. The summed E-state index contributed by atoms with van der Waals surface area (Å²) in [6, 6.07) is 4.04. The molecule has 3 rings (SSSR count). The highest BCUT2D eigenvalue weighted by molar-refractivity contribution is 7.16. The summed E-state index contributed by atoms with van der Waals surface area (Å²) in [4.78, 5) is 13.8. The molecular weight excluding hydrogens is 294 g/mol. The molecule has 0 saturated carbocycles. The van der Waals surface area contributed by atoms with E-state index in [4.69, 9.17) is 0 Å². The molecule has 1 amide bonds. The van der Waals surface area contributed by atoms with Gasteiger partial charge in [0.05, 0.1) is 6.54 Å². The lowest BCUT2D eigenvalue weighted by Gasteiger charge is -2.01. The Labute approximate surface area is 123 Å². The third-order valence-corrected chi connectivity index (χ3v) is 4.64. The summed E-state index contributed by atoms with van der Waals surface area (Å²) < 4.78 is 1.69. The van der Waals surface area contributed by atoms with Crippen molar-refractivity contribution in [3.8, 4) is 0 Å². The molecule has 0 bridgehead atoms. The van der Waals surface area contributed by atoms with Crippen molar-refractivity contribution in [2.24, 2.45) is 0 Å². The van der Waals surface area contributed by atoms with Gasteiger partial charge in [0, 0.05) is 11.3 Å². The van der Waals surface area contributed by atoms with Crippen molar-refractivity contribution in [3.05, 3.63) is 33.2 Å². The number of nitrogens with one attached hydrogen (secondary N) is 1. The van der Waals surface area contributed by atoms with E-state index < -0.39 is 0 Å². The van der Waals surface area contributed by atoms with Gasteiger partial charge in [-0.05, 0) is 24.8 Å². The molecule has 0 spiro atoms. The number of fused-ring (bicyclic) bond motifs is 1. The van der Waals surface area contributed by atoms with E-state index in [2.05, 4.69) is 20.6 Å². The van der Waals surface area contributed by atoms with Crippen LogP contribution >= 0.6 is 22.7 Å². The molecular formula is C12H13N5OS2. The van der Waals surface area contributed by atoms with Crippen LogP contribution < -0.4 is 5.32 Å². The quantitative estimate of drug-likeness (QED) is 0.780. The van der Waals surface area contributed by atoms with Gasteiger partial charge in [0.15, 0.2) is 5.82 Å². The minimum Gasteiger partial charge on any atom is -0.350 e. The lowest BCUT2D eigenvalue weighted by atomic mass is 10.2. The van der Waals surface area contributed by atoms with Gasteiger partial charge >= 0.3 is 0 Å². The van der Waals surface area contributed by atoms with Crippen molar-refractivity contribution in [2.45, 2.75) is 26.3 Å². The summed E-state index contributed by atoms with van der Waals surface area (Å²) >= 11 is 3.12. The molecule has 0 radical (unpaired) electrons. The maximum atomic E-state index is 11.8. The van der Waals surface area contributed by atoms with Crippen LogP contribution in [-0.4, -0.2) is 25.7 Å². The standard InChI is InChI=1S/C12H13N5OS2/c1-8-14-15-12-17(8)16-11(20-12)7-13-10(18)5-4-9-3-2-6-19-9/h2-3,6H,4-5,7H2,1H3,(H,13,18). The summed E-state index contributed by atoms with van der Waals surface area (Å²) in [7, 11) is 0. The van der Waals surface area contributed by atoms with E-state index in [9.17, 15) is 4.79 Å². The van der Waals surface area contributed by atoms with Gasteiger partial charge in [0.2, 0.25) is 10.9 Å². The Kier molecular flexibility index (Phi) is 3.75. The van der Waals surface area contributed by atoms with E-state index in [1.165, 1.54) is 16.2 Å². The third-order valence-electron chi connectivity index (χ3n) is 2.80. The first-order chi connectivity index (χ1) is 9.72. The van der Waals surface area contributed by atoms with Gasteiger partial charge in [0.1, 0.15) is 5.01 Å². The van der Waals surface area contributed by atoms with E-state index in [0.29, 0.717) is 13.0 Å². The number of hydrogen-bond acceptors (Lipinski definition) is 6.